The van der Waals surface area contributed by atoms with Crippen molar-refractivity contribution < 1.29 is 0 Å². The van der Waals surface area contributed by atoms with Gasteiger partial charge in [0.05, 0.1) is 7.92 Å². The lowest BCUT2D eigenvalue weighted by Gasteiger charge is -2.13. The van der Waals surface area contributed by atoms with E-state index in [9.17, 15) is 0 Å². The second-order valence-electron chi connectivity index (χ2n) is 5.12. The van der Waals surface area contributed by atoms with Gasteiger partial charge in [0.1, 0.15) is 0 Å². The van der Waals surface area contributed by atoms with E-state index in [4.69, 9.17) is 0 Å². The lowest BCUT2D eigenvalue weighted by atomic mass is 10.1. The van der Waals surface area contributed by atoms with Crippen molar-refractivity contribution in [3.63, 3.8) is 0 Å². The van der Waals surface area contributed by atoms with Gasteiger partial charge >= 0.3 is 0 Å². The molecule has 0 aliphatic heterocycles. The Hall–Kier alpha value is -1.75. The van der Waals surface area contributed by atoms with Crippen molar-refractivity contribution in [3.8, 4) is 23.2 Å². The normalized spacial score (nSPS) is 9.30. The summed E-state index contributed by atoms with van der Waals surface area (Å²) in [5.74, 6) is 6.18. The molecule has 0 saturated carbocycles. The van der Waals surface area contributed by atoms with Crippen molar-refractivity contribution >= 4 is 13.2 Å². The molecule has 1 aromatic rings. The van der Waals surface area contributed by atoms with Gasteiger partial charge in [0.2, 0.25) is 0 Å². The van der Waals surface area contributed by atoms with Crippen LogP contribution in [0.15, 0.2) is 36.4 Å². The number of hydrogen-bond donors (Lipinski definition) is 0. The summed E-state index contributed by atoms with van der Waals surface area (Å²) in [7, 11) is -0.819. The summed E-state index contributed by atoms with van der Waals surface area (Å²) < 4.78 is 0. The molecule has 20 heavy (non-hydrogen) atoms. The van der Waals surface area contributed by atoms with Gasteiger partial charge < -0.3 is 0 Å². The molecule has 0 atom stereocenters. The van der Waals surface area contributed by atoms with Crippen LogP contribution in [0.2, 0.25) is 0 Å². The minimum Gasteiger partial charge on any atom is -0.0877 e. The Morgan fingerprint density at radius 1 is 0.900 bits per heavy atom. The van der Waals surface area contributed by atoms with Crippen molar-refractivity contribution in [2.45, 2.75) is 34.6 Å². The molecule has 0 bridgehead atoms. The predicted octanol–water partition coefficient (Wildman–Crippen LogP) is 4.79. The molecule has 0 aromatic heterocycles. The third kappa shape index (κ3) is 4.74. The Labute approximate surface area is 124 Å². The second kappa shape index (κ2) is 7.14. The van der Waals surface area contributed by atoms with Crippen LogP contribution in [-0.4, -0.2) is 0 Å². The topological polar surface area (TPSA) is 0 Å². The van der Waals surface area contributed by atoms with Gasteiger partial charge in [0, 0.05) is 5.30 Å². The zero-order valence-electron chi connectivity index (χ0n) is 13.0. The summed E-state index contributed by atoms with van der Waals surface area (Å²) >= 11 is 0. The smallest absolute Gasteiger partial charge is 0.0823 e. The largest absolute Gasteiger partial charge is 0.0877 e. The van der Waals surface area contributed by atoms with Crippen LogP contribution in [0.5, 0.6) is 0 Å². The summed E-state index contributed by atoms with van der Waals surface area (Å²) in [5.41, 5.74) is 12.1. The van der Waals surface area contributed by atoms with E-state index in [0.717, 1.165) is 11.1 Å². The Bertz CT molecular complexity index is 614. The fourth-order valence-corrected chi connectivity index (χ4v) is 3.69. The van der Waals surface area contributed by atoms with Gasteiger partial charge in [0.15, 0.2) is 0 Å². The summed E-state index contributed by atoms with van der Waals surface area (Å²) in [6.45, 7) is 17.9. The molecule has 0 spiro atoms. The van der Waals surface area contributed by atoms with Gasteiger partial charge in [-0.25, -0.2) is 0 Å². The molecular weight excluding hydrogens is 259 g/mol. The standard InChI is InChI=1S/C19H21P/c1-14(2)8-10-20(11-9-15(3)4)19-17(6)12-16(5)13-18(19)7/h12-13H,1,3H2,2,4-7H3. The molecule has 0 radical (unpaired) electrons. The summed E-state index contributed by atoms with van der Waals surface area (Å²) in [5, 5.41) is 1.27. The van der Waals surface area contributed by atoms with Crippen molar-refractivity contribution in [1.29, 1.82) is 0 Å². The fraction of sp³-hybridized carbons (Fsp3) is 0.263. The Balaban J connectivity index is 3.40. The first-order chi connectivity index (χ1) is 9.31. The quantitative estimate of drug-likeness (QED) is 0.512. The minimum atomic E-state index is -0.819. The Kier molecular flexibility index (Phi) is 5.82. The molecule has 0 N–H and O–H groups in total. The van der Waals surface area contributed by atoms with Crippen molar-refractivity contribution in [1.82, 2.24) is 0 Å². The summed E-state index contributed by atoms with van der Waals surface area (Å²) in [4.78, 5) is 0. The van der Waals surface area contributed by atoms with E-state index in [0.29, 0.717) is 0 Å². The molecule has 1 heteroatoms. The summed E-state index contributed by atoms with van der Waals surface area (Å²) in [6, 6.07) is 4.39. The van der Waals surface area contributed by atoms with Crippen LogP contribution in [0.4, 0.5) is 0 Å². The zero-order chi connectivity index (χ0) is 15.3. The van der Waals surface area contributed by atoms with Crippen LogP contribution in [-0.2, 0) is 0 Å². The van der Waals surface area contributed by atoms with E-state index in [2.05, 4.69) is 69.2 Å². The van der Waals surface area contributed by atoms with Crippen molar-refractivity contribution in [2.75, 3.05) is 0 Å². The van der Waals surface area contributed by atoms with Crippen LogP contribution in [0.3, 0.4) is 0 Å². The zero-order valence-corrected chi connectivity index (χ0v) is 13.9. The van der Waals surface area contributed by atoms with Gasteiger partial charge in [0.25, 0.3) is 0 Å². The molecular formula is C19H21P. The third-order valence-electron chi connectivity index (χ3n) is 2.62. The number of allylic oxidation sites excluding steroid dienone is 2. The average molecular weight is 280 g/mol. The Morgan fingerprint density at radius 2 is 1.30 bits per heavy atom. The van der Waals surface area contributed by atoms with Gasteiger partial charge in [-0.2, -0.15) is 0 Å². The van der Waals surface area contributed by atoms with Crippen LogP contribution >= 0.6 is 7.92 Å². The number of hydrogen-bond acceptors (Lipinski definition) is 0. The van der Waals surface area contributed by atoms with E-state index in [1.807, 2.05) is 13.8 Å². The highest BCUT2D eigenvalue weighted by Crippen LogP contribution is 2.35. The lowest BCUT2D eigenvalue weighted by molar-refractivity contribution is 1.36. The predicted molar refractivity (Wildman–Crippen MR) is 92.4 cm³/mol. The van der Waals surface area contributed by atoms with Crippen molar-refractivity contribution in [3.05, 3.63) is 53.1 Å². The molecule has 0 heterocycles. The van der Waals surface area contributed by atoms with E-state index < -0.39 is 7.92 Å². The van der Waals surface area contributed by atoms with Crippen LogP contribution in [0.1, 0.15) is 30.5 Å². The molecule has 0 fully saturated rings. The molecule has 0 aliphatic carbocycles. The molecule has 1 rings (SSSR count). The minimum absolute atomic E-state index is 0.819. The first-order valence-electron chi connectivity index (χ1n) is 6.53. The van der Waals surface area contributed by atoms with Gasteiger partial charge in [-0.15, -0.1) is 0 Å². The molecule has 0 amide bonds. The fourth-order valence-electron chi connectivity index (χ4n) is 1.97. The van der Waals surface area contributed by atoms with Gasteiger partial charge in [-0.3, -0.25) is 0 Å². The van der Waals surface area contributed by atoms with E-state index in [-0.39, 0.29) is 0 Å². The number of aryl methyl sites for hydroxylation is 3. The number of rotatable bonds is 1. The monoisotopic (exact) mass is 280 g/mol. The van der Waals surface area contributed by atoms with Gasteiger partial charge in [-0.05, 0) is 56.9 Å². The molecule has 1 aromatic carbocycles. The maximum absolute atomic E-state index is 3.85. The van der Waals surface area contributed by atoms with Crippen molar-refractivity contribution in [2.24, 2.45) is 0 Å². The Morgan fingerprint density at radius 3 is 1.65 bits per heavy atom. The van der Waals surface area contributed by atoms with Gasteiger partial charge in [-0.1, -0.05) is 54.0 Å². The highest BCUT2D eigenvalue weighted by Gasteiger charge is 2.12. The highest BCUT2D eigenvalue weighted by atomic mass is 31.1. The third-order valence-corrected chi connectivity index (χ3v) is 4.44. The number of benzene rings is 1. The highest BCUT2D eigenvalue weighted by molar-refractivity contribution is 7.75. The molecule has 0 nitrogen and oxygen atoms in total. The maximum Gasteiger partial charge on any atom is 0.0823 e. The molecule has 102 valence electrons. The van der Waals surface area contributed by atoms with E-state index in [1.54, 1.807) is 0 Å². The van der Waals surface area contributed by atoms with E-state index >= 15 is 0 Å². The van der Waals surface area contributed by atoms with Crippen LogP contribution in [0.25, 0.3) is 0 Å². The lowest BCUT2D eigenvalue weighted by Crippen LogP contribution is -2.09. The molecule has 0 aliphatic rings. The first kappa shape index (κ1) is 16.3. The summed E-state index contributed by atoms with van der Waals surface area (Å²) in [6.07, 6.45) is 0. The maximum atomic E-state index is 3.85. The molecule has 0 saturated heterocycles. The molecule has 0 unspecified atom stereocenters. The first-order valence-corrected chi connectivity index (χ1v) is 7.87. The van der Waals surface area contributed by atoms with E-state index in [1.165, 1.54) is 22.0 Å². The second-order valence-corrected chi connectivity index (χ2v) is 6.68. The van der Waals surface area contributed by atoms with Crippen LogP contribution in [0, 0.1) is 43.9 Å². The SMILES string of the molecule is C=C(C)C#CP(C#CC(=C)C)c1c(C)cc(C)cc1C. The van der Waals surface area contributed by atoms with Crippen LogP contribution < -0.4 is 5.30 Å². The average Bonchev–Trinajstić information content (AvgIpc) is 2.29.